The summed E-state index contributed by atoms with van der Waals surface area (Å²) in [5, 5.41) is 8.58. The highest BCUT2D eigenvalue weighted by Crippen LogP contribution is 2.20. The third-order valence-corrected chi connectivity index (χ3v) is 4.23. The SMILES string of the molecule is Cc1ccc(C)c(NC(=O)Cn2nc(N(C)C)c3ccccc3c2=O)c1. The van der Waals surface area contributed by atoms with E-state index in [0.717, 1.165) is 22.2 Å². The summed E-state index contributed by atoms with van der Waals surface area (Å²) in [5.74, 6) is 0.369. The molecule has 134 valence electrons. The molecule has 0 aliphatic carbocycles. The predicted octanol–water partition coefficient (Wildman–Crippen LogP) is 2.72. The fourth-order valence-electron chi connectivity index (χ4n) is 2.85. The van der Waals surface area contributed by atoms with E-state index in [-0.39, 0.29) is 18.0 Å². The highest BCUT2D eigenvalue weighted by Gasteiger charge is 2.14. The van der Waals surface area contributed by atoms with Crippen LogP contribution < -0.4 is 15.8 Å². The summed E-state index contributed by atoms with van der Waals surface area (Å²) in [7, 11) is 3.72. The van der Waals surface area contributed by atoms with Gasteiger partial charge in [0.15, 0.2) is 5.82 Å². The number of aromatic nitrogens is 2. The van der Waals surface area contributed by atoms with E-state index in [9.17, 15) is 9.59 Å². The Hall–Kier alpha value is -3.15. The zero-order valence-corrected chi connectivity index (χ0v) is 15.4. The van der Waals surface area contributed by atoms with Gasteiger partial charge in [-0.2, -0.15) is 5.10 Å². The Kier molecular flexibility index (Phi) is 4.75. The highest BCUT2D eigenvalue weighted by molar-refractivity contribution is 5.93. The molecule has 0 atom stereocenters. The topological polar surface area (TPSA) is 67.2 Å². The lowest BCUT2D eigenvalue weighted by Gasteiger charge is -2.16. The van der Waals surface area contributed by atoms with Crippen molar-refractivity contribution in [1.82, 2.24) is 9.78 Å². The van der Waals surface area contributed by atoms with Gasteiger partial charge in [0.05, 0.1) is 5.39 Å². The van der Waals surface area contributed by atoms with Crippen molar-refractivity contribution in [2.24, 2.45) is 0 Å². The van der Waals surface area contributed by atoms with Crippen LogP contribution in [0.15, 0.2) is 47.3 Å². The van der Waals surface area contributed by atoms with Crippen LogP contribution >= 0.6 is 0 Å². The lowest BCUT2D eigenvalue weighted by molar-refractivity contribution is -0.117. The van der Waals surface area contributed by atoms with Gasteiger partial charge in [-0.1, -0.05) is 30.3 Å². The average Bonchev–Trinajstić information content (AvgIpc) is 2.60. The van der Waals surface area contributed by atoms with Gasteiger partial charge in [0.1, 0.15) is 6.54 Å². The molecule has 2 aromatic carbocycles. The second kappa shape index (κ2) is 7.00. The lowest BCUT2D eigenvalue weighted by Crippen LogP contribution is -2.31. The molecule has 6 heteroatoms. The molecular formula is C20H22N4O2. The van der Waals surface area contributed by atoms with Crippen molar-refractivity contribution in [3.63, 3.8) is 0 Å². The molecule has 0 radical (unpaired) electrons. The number of carbonyl (C=O) groups excluding carboxylic acids is 1. The Morgan fingerprint density at radius 3 is 2.50 bits per heavy atom. The molecule has 0 aliphatic rings. The number of amides is 1. The zero-order valence-electron chi connectivity index (χ0n) is 15.4. The number of anilines is 2. The molecule has 1 N–H and O–H groups in total. The highest BCUT2D eigenvalue weighted by atomic mass is 16.2. The summed E-state index contributed by atoms with van der Waals surface area (Å²) in [5.41, 5.74) is 2.50. The van der Waals surface area contributed by atoms with Crippen molar-refractivity contribution in [2.75, 3.05) is 24.3 Å². The molecule has 6 nitrogen and oxygen atoms in total. The van der Waals surface area contributed by atoms with Crippen molar-refractivity contribution < 1.29 is 4.79 Å². The van der Waals surface area contributed by atoms with Gasteiger partial charge in [-0.05, 0) is 37.1 Å². The molecule has 0 saturated carbocycles. The van der Waals surface area contributed by atoms with Gasteiger partial charge in [0, 0.05) is 25.2 Å². The molecule has 1 amide bonds. The number of hydrogen-bond acceptors (Lipinski definition) is 4. The molecule has 3 aromatic rings. The Morgan fingerprint density at radius 1 is 1.12 bits per heavy atom. The zero-order chi connectivity index (χ0) is 18.8. The van der Waals surface area contributed by atoms with Crippen LogP contribution in [0.1, 0.15) is 11.1 Å². The van der Waals surface area contributed by atoms with E-state index >= 15 is 0 Å². The fraction of sp³-hybridized carbons (Fsp3) is 0.250. The summed E-state index contributed by atoms with van der Waals surface area (Å²) >= 11 is 0. The van der Waals surface area contributed by atoms with Gasteiger partial charge >= 0.3 is 0 Å². The van der Waals surface area contributed by atoms with Crippen LogP contribution in [-0.2, 0) is 11.3 Å². The predicted molar refractivity (Wildman–Crippen MR) is 105 cm³/mol. The normalized spacial score (nSPS) is 10.8. The first-order valence-electron chi connectivity index (χ1n) is 8.41. The van der Waals surface area contributed by atoms with E-state index in [1.807, 2.05) is 69.2 Å². The van der Waals surface area contributed by atoms with E-state index in [1.165, 1.54) is 4.68 Å². The number of hydrogen-bond donors (Lipinski definition) is 1. The van der Waals surface area contributed by atoms with Crippen molar-refractivity contribution in [1.29, 1.82) is 0 Å². The molecule has 1 aromatic heterocycles. The first-order valence-corrected chi connectivity index (χ1v) is 8.41. The maximum absolute atomic E-state index is 12.7. The van der Waals surface area contributed by atoms with Gasteiger partial charge in [0.25, 0.3) is 5.56 Å². The van der Waals surface area contributed by atoms with Crippen LogP contribution in [0, 0.1) is 13.8 Å². The molecule has 0 bridgehead atoms. The Labute approximate surface area is 152 Å². The number of carbonyl (C=O) groups is 1. The molecule has 3 rings (SSSR count). The van der Waals surface area contributed by atoms with Crippen molar-refractivity contribution in [2.45, 2.75) is 20.4 Å². The average molecular weight is 350 g/mol. The maximum Gasteiger partial charge on any atom is 0.275 e. The first-order chi connectivity index (χ1) is 12.4. The molecular weight excluding hydrogens is 328 g/mol. The Bertz CT molecular complexity index is 1040. The lowest BCUT2D eigenvalue weighted by atomic mass is 10.1. The molecule has 0 unspecified atom stereocenters. The number of fused-ring (bicyclic) bond motifs is 1. The molecule has 0 spiro atoms. The smallest absolute Gasteiger partial charge is 0.275 e. The molecule has 0 aliphatic heterocycles. The Morgan fingerprint density at radius 2 is 1.81 bits per heavy atom. The van der Waals surface area contributed by atoms with E-state index in [2.05, 4.69) is 10.4 Å². The van der Waals surface area contributed by atoms with Crippen molar-refractivity contribution >= 4 is 28.2 Å². The van der Waals surface area contributed by atoms with Crippen LogP contribution in [0.4, 0.5) is 11.5 Å². The van der Waals surface area contributed by atoms with Gasteiger partial charge in [-0.15, -0.1) is 0 Å². The van der Waals surface area contributed by atoms with Crippen LogP contribution in [0.25, 0.3) is 10.8 Å². The summed E-state index contributed by atoms with van der Waals surface area (Å²) < 4.78 is 1.22. The molecule has 1 heterocycles. The van der Waals surface area contributed by atoms with Gasteiger partial charge in [-0.25, -0.2) is 4.68 Å². The summed E-state index contributed by atoms with van der Waals surface area (Å²) in [4.78, 5) is 27.0. The number of benzene rings is 2. The molecule has 26 heavy (non-hydrogen) atoms. The minimum Gasteiger partial charge on any atom is -0.361 e. The molecule has 0 saturated heterocycles. The van der Waals surface area contributed by atoms with Gasteiger partial charge in [0.2, 0.25) is 5.91 Å². The summed E-state index contributed by atoms with van der Waals surface area (Å²) in [6, 6.07) is 13.1. The Balaban J connectivity index is 1.95. The van der Waals surface area contributed by atoms with Gasteiger partial charge < -0.3 is 10.2 Å². The van der Waals surface area contributed by atoms with Crippen LogP contribution in [0.3, 0.4) is 0 Å². The van der Waals surface area contributed by atoms with E-state index in [1.54, 1.807) is 6.07 Å². The number of rotatable bonds is 4. The monoisotopic (exact) mass is 350 g/mol. The number of nitrogens with zero attached hydrogens (tertiary/aromatic N) is 3. The second-order valence-corrected chi connectivity index (χ2v) is 6.59. The second-order valence-electron chi connectivity index (χ2n) is 6.59. The minimum absolute atomic E-state index is 0.141. The third-order valence-electron chi connectivity index (χ3n) is 4.23. The third kappa shape index (κ3) is 3.44. The standard InChI is InChI=1S/C20H22N4O2/c1-13-9-10-14(2)17(11-13)21-18(25)12-24-20(26)16-8-6-5-7-15(16)19(22-24)23(3)4/h5-11H,12H2,1-4H3,(H,21,25). The summed E-state index contributed by atoms with van der Waals surface area (Å²) in [6.07, 6.45) is 0. The first kappa shape index (κ1) is 17.7. The van der Waals surface area contributed by atoms with Crippen LogP contribution in [0.5, 0.6) is 0 Å². The van der Waals surface area contributed by atoms with E-state index in [0.29, 0.717) is 11.2 Å². The maximum atomic E-state index is 12.7. The fourth-order valence-corrected chi connectivity index (χ4v) is 2.85. The molecule has 0 fully saturated rings. The van der Waals surface area contributed by atoms with E-state index < -0.39 is 0 Å². The van der Waals surface area contributed by atoms with Crippen LogP contribution in [-0.4, -0.2) is 29.8 Å². The summed E-state index contributed by atoms with van der Waals surface area (Å²) in [6.45, 7) is 3.76. The quantitative estimate of drug-likeness (QED) is 0.786. The van der Waals surface area contributed by atoms with Gasteiger partial charge in [-0.3, -0.25) is 9.59 Å². The number of nitrogens with one attached hydrogen (secondary N) is 1. The van der Waals surface area contributed by atoms with E-state index in [4.69, 9.17) is 0 Å². The minimum atomic E-state index is -0.284. The van der Waals surface area contributed by atoms with Crippen molar-refractivity contribution in [3.8, 4) is 0 Å². The number of aryl methyl sites for hydroxylation is 2. The van der Waals surface area contributed by atoms with Crippen molar-refractivity contribution in [3.05, 3.63) is 63.9 Å². The largest absolute Gasteiger partial charge is 0.361 e. The van der Waals surface area contributed by atoms with Crippen LogP contribution in [0.2, 0.25) is 0 Å².